The summed E-state index contributed by atoms with van der Waals surface area (Å²) in [5.74, 6) is -0.689. The van der Waals surface area contributed by atoms with Crippen molar-refractivity contribution in [2.45, 2.75) is 187 Å². The van der Waals surface area contributed by atoms with Gasteiger partial charge in [0, 0.05) is 12.8 Å². The van der Waals surface area contributed by atoms with Crippen LogP contribution < -0.4 is 0 Å². The maximum absolute atomic E-state index is 12.1. The molecule has 0 aliphatic rings. The molecule has 0 aliphatic heterocycles. The summed E-state index contributed by atoms with van der Waals surface area (Å²) < 4.78 is 10.6. The molecule has 50 heavy (non-hydrogen) atoms. The van der Waals surface area contributed by atoms with Crippen LogP contribution >= 0.6 is 0 Å². The largest absolute Gasteiger partial charge is 0.462 e. The number of carbonyl (C=O) groups excluding carboxylic acids is 2. The van der Waals surface area contributed by atoms with Crippen LogP contribution in [0, 0.1) is 0 Å². The van der Waals surface area contributed by atoms with Crippen LogP contribution in [0.1, 0.15) is 181 Å². The molecule has 0 amide bonds. The van der Waals surface area contributed by atoms with Gasteiger partial charge in [-0.05, 0) is 51.4 Å². The first kappa shape index (κ1) is 47.3. The van der Waals surface area contributed by atoms with Gasteiger partial charge in [0.25, 0.3) is 0 Å². The Labute approximate surface area is 308 Å². The fraction of sp³-hybridized carbons (Fsp3) is 0.689. The van der Waals surface area contributed by atoms with Gasteiger partial charge in [0.1, 0.15) is 6.61 Å². The van der Waals surface area contributed by atoms with Crippen molar-refractivity contribution in [1.29, 1.82) is 0 Å². The monoisotopic (exact) mass is 697 g/mol. The van der Waals surface area contributed by atoms with E-state index in [2.05, 4.69) is 74.6 Å². The molecular weight excluding hydrogens is 620 g/mol. The van der Waals surface area contributed by atoms with E-state index in [0.717, 1.165) is 57.8 Å². The second kappa shape index (κ2) is 40.8. The lowest BCUT2D eigenvalue weighted by molar-refractivity contribution is -0.161. The number of allylic oxidation sites excluding steroid dienone is 12. The van der Waals surface area contributed by atoms with Crippen LogP contribution in [0.25, 0.3) is 0 Å². The van der Waals surface area contributed by atoms with Gasteiger partial charge in [-0.25, -0.2) is 0 Å². The van der Waals surface area contributed by atoms with Gasteiger partial charge < -0.3 is 14.6 Å². The number of hydrogen-bond acceptors (Lipinski definition) is 5. The van der Waals surface area contributed by atoms with Gasteiger partial charge in [-0.3, -0.25) is 9.59 Å². The molecule has 0 heterocycles. The molecule has 0 spiro atoms. The maximum Gasteiger partial charge on any atom is 0.306 e. The van der Waals surface area contributed by atoms with Gasteiger partial charge in [-0.2, -0.15) is 0 Å². The van der Waals surface area contributed by atoms with Gasteiger partial charge >= 0.3 is 11.9 Å². The predicted octanol–water partition coefficient (Wildman–Crippen LogP) is 13.0. The third kappa shape index (κ3) is 38.1. The lowest BCUT2D eigenvalue weighted by Gasteiger charge is -2.15. The summed E-state index contributed by atoms with van der Waals surface area (Å²) in [4.78, 5) is 24.2. The third-order valence-electron chi connectivity index (χ3n) is 8.53. The van der Waals surface area contributed by atoms with Crippen LogP contribution in [0.15, 0.2) is 72.9 Å². The second-order valence-electron chi connectivity index (χ2n) is 13.3. The molecule has 0 aromatic heterocycles. The molecule has 0 radical (unpaired) electrons. The lowest BCUT2D eigenvalue weighted by Crippen LogP contribution is -2.28. The number of esters is 2. The Bertz CT molecular complexity index is 926. The molecule has 5 nitrogen and oxygen atoms in total. The van der Waals surface area contributed by atoms with Gasteiger partial charge in [-0.15, -0.1) is 0 Å². The highest BCUT2D eigenvalue weighted by molar-refractivity contribution is 5.70. The molecule has 0 bridgehead atoms. The van der Waals surface area contributed by atoms with Gasteiger partial charge in [0.15, 0.2) is 6.10 Å². The third-order valence-corrected chi connectivity index (χ3v) is 8.53. The Morgan fingerprint density at radius 3 is 1.26 bits per heavy atom. The molecular formula is C45H76O5. The fourth-order valence-corrected chi connectivity index (χ4v) is 5.46. The molecule has 0 saturated heterocycles. The smallest absolute Gasteiger partial charge is 0.306 e. The van der Waals surface area contributed by atoms with Crippen molar-refractivity contribution in [3.63, 3.8) is 0 Å². The number of aliphatic hydroxyl groups is 1. The molecule has 1 atom stereocenters. The minimum atomic E-state index is -0.813. The summed E-state index contributed by atoms with van der Waals surface area (Å²) in [6.07, 6.45) is 54.0. The van der Waals surface area contributed by atoms with Crippen LogP contribution in [0.3, 0.4) is 0 Å². The van der Waals surface area contributed by atoms with Crippen molar-refractivity contribution < 1.29 is 24.2 Å². The normalized spacial score (nSPS) is 12.9. The van der Waals surface area contributed by atoms with E-state index in [1.165, 1.54) is 89.9 Å². The van der Waals surface area contributed by atoms with E-state index in [4.69, 9.17) is 9.47 Å². The van der Waals surface area contributed by atoms with E-state index >= 15 is 0 Å². The highest BCUT2D eigenvalue weighted by atomic mass is 16.6. The fourth-order valence-electron chi connectivity index (χ4n) is 5.46. The SMILES string of the molecule is CC/C=C\C/C=C\C/C=C\C/C=C\C/C=C\C/C=C\CCC(=O)OC(CO)COC(=O)CCCCCCCCCCCCCCCCCCC. The zero-order valence-electron chi connectivity index (χ0n) is 32.4. The number of unbranched alkanes of at least 4 members (excludes halogenated alkanes) is 16. The zero-order valence-corrected chi connectivity index (χ0v) is 32.4. The number of hydrogen-bond donors (Lipinski definition) is 1. The Balaban J connectivity index is 3.68. The van der Waals surface area contributed by atoms with E-state index in [-0.39, 0.29) is 25.6 Å². The molecule has 0 fully saturated rings. The molecule has 5 heteroatoms. The van der Waals surface area contributed by atoms with Crippen molar-refractivity contribution in [3.05, 3.63) is 72.9 Å². The van der Waals surface area contributed by atoms with Crippen molar-refractivity contribution in [2.75, 3.05) is 13.2 Å². The Morgan fingerprint density at radius 1 is 0.480 bits per heavy atom. The standard InChI is InChI=1S/C45H76O5/c1-3-5-7-9-11-13-15-17-19-21-22-24-26-28-30-32-34-36-38-40-45(48)50-43(41-46)42-49-44(47)39-37-35-33-31-29-27-25-23-20-18-16-14-12-10-8-6-4-2/h5,7,11,13,17,19,22,24,28,30,34,36,43,46H,3-4,6,8-10,12,14-16,18,20-21,23,25-27,29,31-33,35,37-42H2,1-2H3/b7-5-,13-11-,19-17-,24-22-,30-28-,36-34-. The van der Waals surface area contributed by atoms with Gasteiger partial charge in [0.2, 0.25) is 0 Å². The highest BCUT2D eigenvalue weighted by Gasteiger charge is 2.15. The Kier molecular flexibility index (Phi) is 38.6. The van der Waals surface area contributed by atoms with E-state index in [0.29, 0.717) is 12.8 Å². The molecule has 0 rings (SSSR count). The summed E-state index contributed by atoms with van der Waals surface area (Å²) in [6.45, 7) is 3.96. The molecule has 0 aromatic carbocycles. The summed E-state index contributed by atoms with van der Waals surface area (Å²) >= 11 is 0. The summed E-state index contributed by atoms with van der Waals surface area (Å²) in [5.41, 5.74) is 0. The van der Waals surface area contributed by atoms with E-state index in [1.54, 1.807) is 0 Å². The van der Waals surface area contributed by atoms with Crippen molar-refractivity contribution >= 4 is 11.9 Å². The average Bonchev–Trinajstić information content (AvgIpc) is 3.12. The minimum absolute atomic E-state index is 0.0973. The van der Waals surface area contributed by atoms with Crippen molar-refractivity contribution in [3.8, 4) is 0 Å². The molecule has 0 aliphatic carbocycles. The Morgan fingerprint density at radius 2 is 0.860 bits per heavy atom. The highest BCUT2D eigenvalue weighted by Crippen LogP contribution is 2.14. The molecule has 0 aromatic rings. The number of rotatable bonds is 36. The molecule has 1 N–H and O–H groups in total. The first-order valence-electron chi connectivity index (χ1n) is 20.5. The number of ether oxygens (including phenoxy) is 2. The average molecular weight is 697 g/mol. The molecule has 286 valence electrons. The molecule has 0 saturated carbocycles. The van der Waals surface area contributed by atoms with E-state index < -0.39 is 12.1 Å². The van der Waals surface area contributed by atoms with Crippen LogP contribution in [0.5, 0.6) is 0 Å². The van der Waals surface area contributed by atoms with Crippen LogP contribution in [-0.2, 0) is 19.1 Å². The minimum Gasteiger partial charge on any atom is -0.462 e. The number of carbonyl (C=O) groups is 2. The summed E-state index contributed by atoms with van der Waals surface area (Å²) in [5, 5.41) is 9.55. The first-order valence-corrected chi connectivity index (χ1v) is 20.5. The zero-order chi connectivity index (χ0) is 36.4. The van der Waals surface area contributed by atoms with Gasteiger partial charge in [0.05, 0.1) is 6.61 Å². The van der Waals surface area contributed by atoms with E-state index in [9.17, 15) is 14.7 Å². The Hall–Kier alpha value is -2.66. The van der Waals surface area contributed by atoms with Crippen molar-refractivity contribution in [2.24, 2.45) is 0 Å². The summed E-state index contributed by atoms with van der Waals surface area (Å²) in [6, 6.07) is 0. The van der Waals surface area contributed by atoms with Crippen LogP contribution in [-0.4, -0.2) is 36.4 Å². The summed E-state index contributed by atoms with van der Waals surface area (Å²) in [7, 11) is 0. The van der Waals surface area contributed by atoms with Crippen LogP contribution in [0.4, 0.5) is 0 Å². The van der Waals surface area contributed by atoms with Gasteiger partial charge in [-0.1, -0.05) is 189 Å². The maximum atomic E-state index is 12.1. The quantitative estimate of drug-likeness (QED) is 0.0401. The first-order chi connectivity index (χ1) is 24.6. The topological polar surface area (TPSA) is 72.8 Å². The molecule has 1 unspecified atom stereocenters. The number of aliphatic hydroxyl groups excluding tert-OH is 1. The second-order valence-corrected chi connectivity index (χ2v) is 13.3. The van der Waals surface area contributed by atoms with Crippen LogP contribution in [0.2, 0.25) is 0 Å². The van der Waals surface area contributed by atoms with Crippen molar-refractivity contribution in [1.82, 2.24) is 0 Å². The van der Waals surface area contributed by atoms with E-state index in [1.807, 2.05) is 12.2 Å². The lowest BCUT2D eigenvalue weighted by atomic mass is 10.0. The predicted molar refractivity (Wildman–Crippen MR) is 214 cm³/mol.